The molecule has 0 saturated heterocycles. The number of halogens is 1. The molecule has 2 rings (SSSR count). The van der Waals surface area contributed by atoms with Gasteiger partial charge in [-0.1, -0.05) is 6.42 Å². The fraction of sp³-hybridized carbons (Fsp3) is 0.538. The van der Waals surface area contributed by atoms with Crippen molar-refractivity contribution in [2.45, 2.75) is 25.9 Å². The predicted molar refractivity (Wildman–Crippen MR) is 62.9 cm³/mol. The monoisotopic (exact) mass is 223 g/mol. The molecule has 1 saturated carbocycles. The van der Waals surface area contributed by atoms with Crippen LogP contribution in [0.15, 0.2) is 18.2 Å². The van der Waals surface area contributed by atoms with Crippen LogP contribution in [0.1, 0.15) is 24.8 Å². The summed E-state index contributed by atoms with van der Waals surface area (Å²) in [5, 5.41) is 9.20. The first kappa shape index (κ1) is 11.4. The Morgan fingerprint density at radius 3 is 2.75 bits per heavy atom. The summed E-state index contributed by atoms with van der Waals surface area (Å²) >= 11 is 0. The van der Waals surface area contributed by atoms with E-state index in [1.165, 1.54) is 31.4 Å². The Balaban J connectivity index is 2.11. The van der Waals surface area contributed by atoms with Crippen LogP contribution >= 0.6 is 0 Å². The van der Waals surface area contributed by atoms with Gasteiger partial charge in [0.25, 0.3) is 0 Å². The molecule has 0 bridgehead atoms. The molecule has 0 aliphatic heterocycles. The van der Waals surface area contributed by atoms with Gasteiger partial charge in [-0.05, 0) is 37.0 Å². The number of rotatable bonds is 4. The van der Waals surface area contributed by atoms with Gasteiger partial charge < -0.3 is 10.0 Å². The molecular formula is C13H18FNO. The molecule has 2 nitrogen and oxygen atoms in total. The molecule has 0 heterocycles. The van der Waals surface area contributed by atoms with Crippen LogP contribution < -0.4 is 4.90 Å². The van der Waals surface area contributed by atoms with E-state index >= 15 is 0 Å². The lowest BCUT2D eigenvalue weighted by atomic mass is 9.85. The summed E-state index contributed by atoms with van der Waals surface area (Å²) in [6.45, 7) is 0.890. The smallest absolute Gasteiger partial charge is 0.123 e. The third-order valence-electron chi connectivity index (χ3n) is 3.38. The van der Waals surface area contributed by atoms with E-state index in [4.69, 9.17) is 0 Å². The number of anilines is 1. The lowest BCUT2D eigenvalue weighted by Crippen LogP contribution is -2.29. The van der Waals surface area contributed by atoms with Crippen molar-refractivity contribution < 1.29 is 9.50 Å². The second kappa shape index (κ2) is 4.83. The Bertz CT molecular complexity index is 363. The van der Waals surface area contributed by atoms with E-state index in [1.54, 1.807) is 6.07 Å². The SMILES string of the molecule is CN(CC1CCC1)c1ccc(F)cc1CO. The van der Waals surface area contributed by atoms with Crippen LogP contribution in [0.4, 0.5) is 10.1 Å². The highest BCUT2D eigenvalue weighted by Gasteiger charge is 2.20. The molecule has 0 spiro atoms. The van der Waals surface area contributed by atoms with E-state index in [0.29, 0.717) is 5.56 Å². The summed E-state index contributed by atoms with van der Waals surface area (Å²) in [6, 6.07) is 4.61. The number of aliphatic hydroxyl groups excluding tert-OH is 1. The molecule has 1 N–H and O–H groups in total. The second-order valence-corrected chi connectivity index (χ2v) is 4.61. The van der Waals surface area contributed by atoms with Crippen LogP contribution in [0.3, 0.4) is 0 Å². The zero-order chi connectivity index (χ0) is 11.5. The van der Waals surface area contributed by atoms with E-state index < -0.39 is 0 Å². The van der Waals surface area contributed by atoms with Crippen molar-refractivity contribution in [3.05, 3.63) is 29.6 Å². The summed E-state index contributed by atoms with van der Waals surface area (Å²) in [5.74, 6) is 0.478. The van der Waals surface area contributed by atoms with Gasteiger partial charge in [0.1, 0.15) is 5.82 Å². The number of aliphatic hydroxyl groups is 1. The number of nitrogens with zero attached hydrogens (tertiary/aromatic N) is 1. The Morgan fingerprint density at radius 1 is 1.44 bits per heavy atom. The second-order valence-electron chi connectivity index (χ2n) is 4.61. The van der Waals surface area contributed by atoms with E-state index in [2.05, 4.69) is 4.90 Å². The van der Waals surface area contributed by atoms with Crippen LogP contribution in [0.5, 0.6) is 0 Å². The lowest BCUT2D eigenvalue weighted by molar-refractivity contribution is 0.280. The Kier molecular flexibility index (Phi) is 3.44. The van der Waals surface area contributed by atoms with Gasteiger partial charge in [-0.15, -0.1) is 0 Å². The van der Waals surface area contributed by atoms with Gasteiger partial charge >= 0.3 is 0 Å². The topological polar surface area (TPSA) is 23.5 Å². The van der Waals surface area contributed by atoms with E-state index in [-0.39, 0.29) is 12.4 Å². The first-order valence-electron chi connectivity index (χ1n) is 5.81. The summed E-state index contributed by atoms with van der Waals surface area (Å²) in [5.41, 5.74) is 1.61. The maximum atomic E-state index is 13.0. The van der Waals surface area contributed by atoms with Gasteiger partial charge in [-0.2, -0.15) is 0 Å². The Labute approximate surface area is 95.7 Å². The predicted octanol–water partition coefficient (Wildman–Crippen LogP) is 2.55. The van der Waals surface area contributed by atoms with Crippen LogP contribution in [-0.2, 0) is 6.61 Å². The molecule has 0 radical (unpaired) electrons. The Morgan fingerprint density at radius 2 is 2.19 bits per heavy atom. The zero-order valence-electron chi connectivity index (χ0n) is 9.62. The maximum absolute atomic E-state index is 13.0. The fourth-order valence-corrected chi connectivity index (χ4v) is 2.21. The third kappa shape index (κ3) is 2.35. The van der Waals surface area contributed by atoms with E-state index in [0.717, 1.165) is 18.2 Å². The van der Waals surface area contributed by atoms with Gasteiger partial charge in [0.2, 0.25) is 0 Å². The maximum Gasteiger partial charge on any atom is 0.123 e. The fourth-order valence-electron chi connectivity index (χ4n) is 2.21. The molecule has 1 aromatic carbocycles. The lowest BCUT2D eigenvalue weighted by Gasteiger charge is -2.32. The van der Waals surface area contributed by atoms with E-state index in [9.17, 15) is 9.50 Å². The van der Waals surface area contributed by atoms with Crippen molar-refractivity contribution in [3.63, 3.8) is 0 Å². The molecule has 88 valence electrons. The van der Waals surface area contributed by atoms with Gasteiger partial charge in [0.05, 0.1) is 6.61 Å². The Hall–Kier alpha value is -1.09. The van der Waals surface area contributed by atoms with Crippen molar-refractivity contribution in [2.75, 3.05) is 18.5 Å². The summed E-state index contributed by atoms with van der Waals surface area (Å²) in [6.07, 6.45) is 3.91. The number of hydrogen-bond donors (Lipinski definition) is 1. The van der Waals surface area contributed by atoms with Crippen molar-refractivity contribution in [2.24, 2.45) is 5.92 Å². The molecule has 0 unspecified atom stereocenters. The van der Waals surface area contributed by atoms with Gasteiger partial charge in [-0.25, -0.2) is 4.39 Å². The van der Waals surface area contributed by atoms with Crippen molar-refractivity contribution >= 4 is 5.69 Å². The van der Waals surface area contributed by atoms with Crippen LogP contribution in [0.25, 0.3) is 0 Å². The van der Waals surface area contributed by atoms with Crippen LogP contribution in [0, 0.1) is 11.7 Å². The third-order valence-corrected chi connectivity index (χ3v) is 3.38. The van der Waals surface area contributed by atoms with Crippen molar-refractivity contribution in [3.8, 4) is 0 Å². The number of benzene rings is 1. The minimum Gasteiger partial charge on any atom is -0.392 e. The van der Waals surface area contributed by atoms with Gasteiger partial charge in [-0.3, -0.25) is 0 Å². The van der Waals surface area contributed by atoms with Crippen molar-refractivity contribution in [1.82, 2.24) is 0 Å². The highest BCUT2D eigenvalue weighted by molar-refractivity contribution is 5.53. The van der Waals surface area contributed by atoms with Crippen LogP contribution in [0.2, 0.25) is 0 Å². The summed E-state index contributed by atoms with van der Waals surface area (Å²) in [4.78, 5) is 2.12. The average Bonchev–Trinajstić information content (AvgIpc) is 2.23. The van der Waals surface area contributed by atoms with Crippen molar-refractivity contribution in [1.29, 1.82) is 0 Å². The summed E-state index contributed by atoms with van der Waals surface area (Å²) < 4.78 is 13.0. The average molecular weight is 223 g/mol. The normalized spacial score (nSPS) is 15.9. The van der Waals surface area contributed by atoms with Crippen LogP contribution in [-0.4, -0.2) is 18.7 Å². The van der Waals surface area contributed by atoms with E-state index in [1.807, 2.05) is 7.05 Å². The molecule has 1 aliphatic rings. The number of hydrogen-bond acceptors (Lipinski definition) is 2. The van der Waals surface area contributed by atoms with Gasteiger partial charge in [0.15, 0.2) is 0 Å². The first-order chi connectivity index (χ1) is 7.70. The molecule has 3 heteroatoms. The highest BCUT2D eigenvalue weighted by Crippen LogP contribution is 2.29. The molecule has 0 atom stereocenters. The largest absolute Gasteiger partial charge is 0.392 e. The van der Waals surface area contributed by atoms with Gasteiger partial charge in [0, 0.05) is 24.8 Å². The first-order valence-corrected chi connectivity index (χ1v) is 5.81. The highest BCUT2D eigenvalue weighted by atomic mass is 19.1. The molecular weight excluding hydrogens is 205 g/mol. The standard InChI is InChI=1S/C13H18FNO/c1-15(8-10-3-2-4-10)13-6-5-12(14)7-11(13)9-16/h5-7,10,16H,2-4,8-9H2,1H3. The molecule has 0 amide bonds. The molecule has 16 heavy (non-hydrogen) atoms. The minimum atomic E-state index is -0.287. The quantitative estimate of drug-likeness (QED) is 0.848. The molecule has 1 fully saturated rings. The minimum absolute atomic E-state index is 0.109. The molecule has 0 aromatic heterocycles. The molecule has 1 aromatic rings. The molecule has 1 aliphatic carbocycles. The summed E-state index contributed by atoms with van der Waals surface area (Å²) in [7, 11) is 2.00. The zero-order valence-corrected chi connectivity index (χ0v) is 9.62.